The van der Waals surface area contributed by atoms with Crippen LogP contribution in [-0.4, -0.2) is 32.8 Å². The first-order valence-corrected chi connectivity index (χ1v) is 8.82. The summed E-state index contributed by atoms with van der Waals surface area (Å²) in [5.74, 6) is 0.664. The number of hydrogen-bond donors (Lipinski definition) is 1. The average Bonchev–Trinajstić information content (AvgIpc) is 3.30. The van der Waals surface area contributed by atoms with Gasteiger partial charge in [0.15, 0.2) is 0 Å². The molecular formula is C17H25BrN2O. The van der Waals surface area contributed by atoms with Crippen molar-refractivity contribution in [1.82, 2.24) is 5.32 Å². The summed E-state index contributed by atoms with van der Waals surface area (Å²) in [6.45, 7) is 3.90. The molecule has 2 aliphatic rings. The minimum atomic E-state index is 0.664. The van der Waals surface area contributed by atoms with Crippen LogP contribution in [0.5, 0.6) is 0 Å². The molecule has 1 aliphatic heterocycles. The average molecular weight is 353 g/mol. The summed E-state index contributed by atoms with van der Waals surface area (Å²) in [5, 5.41) is 3.63. The van der Waals surface area contributed by atoms with Crippen LogP contribution in [0.1, 0.15) is 31.2 Å². The third kappa shape index (κ3) is 4.44. The third-order valence-electron chi connectivity index (χ3n) is 4.40. The first-order chi connectivity index (χ1) is 10.2. The lowest BCUT2D eigenvalue weighted by atomic mass is 10.0. The molecule has 1 heterocycles. The lowest BCUT2D eigenvalue weighted by molar-refractivity contribution is 0.0576. The van der Waals surface area contributed by atoms with E-state index in [0.717, 1.165) is 36.8 Å². The topological polar surface area (TPSA) is 24.5 Å². The first kappa shape index (κ1) is 15.3. The van der Waals surface area contributed by atoms with Crippen LogP contribution in [-0.2, 0) is 11.3 Å². The quantitative estimate of drug-likeness (QED) is 0.846. The highest BCUT2D eigenvalue weighted by Crippen LogP contribution is 2.27. The van der Waals surface area contributed by atoms with Gasteiger partial charge in [-0.3, -0.25) is 0 Å². The molecule has 0 aromatic heterocycles. The Bertz CT molecular complexity index is 470. The van der Waals surface area contributed by atoms with Crippen LogP contribution in [0.25, 0.3) is 0 Å². The largest absolute Gasteiger partial charge is 0.381 e. The second kappa shape index (κ2) is 7.12. The second-order valence-electron chi connectivity index (χ2n) is 6.39. The number of hydrogen-bond acceptors (Lipinski definition) is 3. The van der Waals surface area contributed by atoms with Crippen LogP contribution in [0.4, 0.5) is 5.69 Å². The molecular weight excluding hydrogens is 328 g/mol. The fourth-order valence-electron chi connectivity index (χ4n) is 3.05. The summed E-state index contributed by atoms with van der Waals surface area (Å²) in [6, 6.07) is 7.37. The molecule has 1 unspecified atom stereocenters. The zero-order valence-electron chi connectivity index (χ0n) is 12.8. The molecule has 0 bridgehead atoms. The third-order valence-corrected chi connectivity index (χ3v) is 4.89. The molecule has 1 aliphatic carbocycles. The summed E-state index contributed by atoms with van der Waals surface area (Å²) in [5.41, 5.74) is 2.73. The van der Waals surface area contributed by atoms with E-state index >= 15 is 0 Å². The number of rotatable bonds is 6. The van der Waals surface area contributed by atoms with Gasteiger partial charge in [-0.2, -0.15) is 0 Å². The fraction of sp³-hybridized carbons (Fsp3) is 0.647. The highest BCUT2D eigenvalue weighted by Gasteiger charge is 2.21. The number of nitrogens with zero attached hydrogens (tertiary/aromatic N) is 1. The minimum Gasteiger partial charge on any atom is -0.381 e. The molecule has 0 amide bonds. The van der Waals surface area contributed by atoms with E-state index < -0.39 is 0 Å². The maximum absolute atomic E-state index is 5.61. The van der Waals surface area contributed by atoms with E-state index in [9.17, 15) is 0 Å². The SMILES string of the molecule is CN(CC1CCCOC1)c1ccc(Br)cc1CNC1CC1. The van der Waals surface area contributed by atoms with E-state index in [1.807, 2.05) is 0 Å². The van der Waals surface area contributed by atoms with Gasteiger partial charge in [0.05, 0.1) is 6.61 Å². The maximum atomic E-state index is 5.61. The zero-order valence-corrected chi connectivity index (χ0v) is 14.4. The molecule has 0 spiro atoms. The molecule has 116 valence electrons. The molecule has 1 N–H and O–H groups in total. The number of anilines is 1. The van der Waals surface area contributed by atoms with Crippen molar-refractivity contribution in [2.24, 2.45) is 5.92 Å². The van der Waals surface area contributed by atoms with Crippen LogP contribution < -0.4 is 10.2 Å². The Labute approximate surface area is 136 Å². The molecule has 21 heavy (non-hydrogen) atoms. The summed E-state index contributed by atoms with van der Waals surface area (Å²) in [7, 11) is 2.21. The Balaban J connectivity index is 1.66. The molecule has 4 heteroatoms. The number of nitrogens with one attached hydrogen (secondary N) is 1. The van der Waals surface area contributed by atoms with Crippen molar-refractivity contribution >= 4 is 21.6 Å². The Hall–Kier alpha value is -0.580. The van der Waals surface area contributed by atoms with Crippen LogP contribution in [0.15, 0.2) is 22.7 Å². The van der Waals surface area contributed by atoms with Gasteiger partial charge in [-0.05, 0) is 55.4 Å². The van der Waals surface area contributed by atoms with Gasteiger partial charge in [-0.25, -0.2) is 0 Å². The van der Waals surface area contributed by atoms with Crippen LogP contribution in [0, 0.1) is 5.92 Å². The van der Waals surface area contributed by atoms with E-state index in [4.69, 9.17) is 4.74 Å². The monoisotopic (exact) mass is 352 g/mol. The number of ether oxygens (including phenoxy) is 1. The van der Waals surface area contributed by atoms with Gasteiger partial charge in [0.1, 0.15) is 0 Å². The van der Waals surface area contributed by atoms with E-state index in [-0.39, 0.29) is 0 Å². The van der Waals surface area contributed by atoms with Crippen LogP contribution >= 0.6 is 15.9 Å². The first-order valence-electron chi connectivity index (χ1n) is 8.03. The normalized spacial score (nSPS) is 22.3. The molecule has 1 aromatic carbocycles. The molecule has 1 aromatic rings. The molecule has 2 fully saturated rings. The number of benzene rings is 1. The van der Waals surface area contributed by atoms with E-state index in [0.29, 0.717) is 5.92 Å². The van der Waals surface area contributed by atoms with E-state index in [2.05, 4.69) is 51.4 Å². The fourth-order valence-corrected chi connectivity index (χ4v) is 3.46. The van der Waals surface area contributed by atoms with Crippen molar-refractivity contribution in [1.29, 1.82) is 0 Å². The van der Waals surface area contributed by atoms with Crippen molar-refractivity contribution in [3.63, 3.8) is 0 Å². The smallest absolute Gasteiger partial charge is 0.0511 e. The van der Waals surface area contributed by atoms with Crippen molar-refractivity contribution in [2.45, 2.75) is 38.3 Å². The van der Waals surface area contributed by atoms with Crippen molar-refractivity contribution in [3.8, 4) is 0 Å². The predicted molar refractivity (Wildman–Crippen MR) is 90.8 cm³/mol. The molecule has 1 saturated carbocycles. The van der Waals surface area contributed by atoms with Crippen molar-refractivity contribution in [2.75, 3.05) is 31.7 Å². The van der Waals surface area contributed by atoms with E-state index in [1.54, 1.807) is 0 Å². The maximum Gasteiger partial charge on any atom is 0.0511 e. The summed E-state index contributed by atoms with van der Waals surface area (Å²) in [4.78, 5) is 2.40. The van der Waals surface area contributed by atoms with Crippen LogP contribution in [0.2, 0.25) is 0 Å². The summed E-state index contributed by atoms with van der Waals surface area (Å²) in [6.07, 6.45) is 5.16. The molecule has 3 rings (SSSR count). The highest BCUT2D eigenvalue weighted by molar-refractivity contribution is 9.10. The zero-order chi connectivity index (χ0) is 14.7. The Kier molecular flexibility index (Phi) is 5.19. The lowest BCUT2D eigenvalue weighted by Crippen LogP contribution is -2.31. The van der Waals surface area contributed by atoms with Gasteiger partial charge < -0.3 is 15.0 Å². The standard InChI is InChI=1S/C17H25BrN2O/c1-20(11-13-3-2-8-21-12-13)17-7-4-15(18)9-14(17)10-19-16-5-6-16/h4,7,9,13,16,19H,2-3,5-6,8,10-12H2,1H3. The van der Waals surface area contributed by atoms with E-state index in [1.165, 1.54) is 36.9 Å². The minimum absolute atomic E-state index is 0.664. The molecule has 0 radical (unpaired) electrons. The number of halogens is 1. The second-order valence-corrected chi connectivity index (χ2v) is 7.31. The molecule has 1 atom stereocenters. The highest BCUT2D eigenvalue weighted by atomic mass is 79.9. The summed E-state index contributed by atoms with van der Waals surface area (Å²) >= 11 is 3.60. The Morgan fingerprint density at radius 1 is 1.33 bits per heavy atom. The Morgan fingerprint density at radius 3 is 2.90 bits per heavy atom. The lowest BCUT2D eigenvalue weighted by Gasteiger charge is -2.30. The van der Waals surface area contributed by atoms with Gasteiger partial charge in [-0.15, -0.1) is 0 Å². The van der Waals surface area contributed by atoms with Gasteiger partial charge in [-0.1, -0.05) is 15.9 Å². The Morgan fingerprint density at radius 2 is 2.19 bits per heavy atom. The van der Waals surface area contributed by atoms with Crippen molar-refractivity contribution in [3.05, 3.63) is 28.2 Å². The molecule has 1 saturated heterocycles. The summed E-state index contributed by atoms with van der Waals surface area (Å²) < 4.78 is 6.77. The van der Waals surface area contributed by atoms with Gasteiger partial charge >= 0.3 is 0 Å². The predicted octanol–water partition coefficient (Wildman–Crippen LogP) is 3.56. The van der Waals surface area contributed by atoms with Gasteiger partial charge in [0, 0.05) is 42.9 Å². The van der Waals surface area contributed by atoms with Gasteiger partial charge in [0.2, 0.25) is 0 Å². The van der Waals surface area contributed by atoms with Crippen molar-refractivity contribution < 1.29 is 4.74 Å². The molecule has 3 nitrogen and oxygen atoms in total. The van der Waals surface area contributed by atoms with Crippen LogP contribution in [0.3, 0.4) is 0 Å². The van der Waals surface area contributed by atoms with Gasteiger partial charge in [0.25, 0.3) is 0 Å².